The Kier molecular flexibility index (Phi) is 3.23. The molecule has 3 aromatic carbocycles. The maximum absolute atomic E-state index is 5.38. The average Bonchev–Trinajstić information content (AvgIpc) is 3.00. The number of benzene rings is 3. The Labute approximate surface area is 136 Å². The zero-order valence-electron chi connectivity index (χ0n) is 12.6. The van der Waals surface area contributed by atoms with E-state index in [0.29, 0.717) is 0 Å². The molecule has 0 radical (unpaired) electrons. The fraction of sp³-hybridized carbons (Fsp3) is 0.0435. The van der Waals surface area contributed by atoms with E-state index in [1.165, 1.54) is 22.3 Å². The minimum Gasteiger partial charge on any atom is -0.115 e. The van der Waals surface area contributed by atoms with Crippen LogP contribution in [0, 0.1) is 24.2 Å². The Morgan fingerprint density at radius 2 is 1.43 bits per heavy atom. The van der Waals surface area contributed by atoms with Gasteiger partial charge in [0, 0.05) is 16.7 Å². The molecule has 0 heteroatoms. The molecule has 3 aromatic rings. The van der Waals surface area contributed by atoms with Crippen LogP contribution in [0.3, 0.4) is 0 Å². The van der Waals surface area contributed by atoms with Crippen LogP contribution in [0.1, 0.15) is 27.8 Å². The van der Waals surface area contributed by atoms with Gasteiger partial charge in [0.2, 0.25) is 0 Å². The van der Waals surface area contributed by atoms with Crippen LogP contribution in [-0.2, 0) is 6.42 Å². The van der Waals surface area contributed by atoms with Gasteiger partial charge in [-0.25, -0.2) is 0 Å². The van der Waals surface area contributed by atoms with Gasteiger partial charge in [-0.05, 0) is 59.0 Å². The SMILES string of the molecule is C#Cc1ccc(C#Cc2cccc3c2Cc2ccccc2-3)cc1. The van der Waals surface area contributed by atoms with Gasteiger partial charge in [0.1, 0.15) is 0 Å². The van der Waals surface area contributed by atoms with Gasteiger partial charge in [-0.15, -0.1) is 6.42 Å². The average molecular weight is 290 g/mol. The fourth-order valence-electron chi connectivity index (χ4n) is 3.06. The molecule has 0 fully saturated rings. The predicted octanol–water partition coefficient (Wildman–Crippen LogP) is 4.64. The summed E-state index contributed by atoms with van der Waals surface area (Å²) in [7, 11) is 0. The van der Waals surface area contributed by atoms with Gasteiger partial charge in [0.15, 0.2) is 0 Å². The van der Waals surface area contributed by atoms with Crippen molar-refractivity contribution < 1.29 is 0 Å². The zero-order valence-corrected chi connectivity index (χ0v) is 12.6. The fourth-order valence-corrected chi connectivity index (χ4v) is 3.06. The summed E-state index contributed by atoms with van der Waals surface area (Å²) in [5, 5.41) is 0. The van der Waals surface area contributed by atoms with Crippen LogP contribution in [0.4, 0.5) is 0 Å². The summed E-state index contributed by atoms with van der Waals surface area (Å²) in [5.74, 6) is 9.21. The highest BCUT2D eigenvalue weighted by atomic mass is 14.2. The van der Waals surface area contributed by atoms with Crippen molar-refractivity contribution in [3.63, 3.8) is 0 Å². The van der Waals surface area contributed by atoms with E-state index in [1.54, 1.807) is 0 Å². The molecule has 0 saturated heterocycles. The number of hydrogen-bond donors (Lipinski definition) is 0. The van der Waals surface area contributed by atoms with E-state index >= 15 is 0 Å². The molecule has 23 heavy (non-hydrogen) atoms. The lowest BCUT2D eigenvalue weighted by molar-refractivity contribution is 1.25. The molecule has 0 amide bonds. The van der Waals surface area contributed by atoms with Gasteiger partial charge in [-0.3, -0.25) is 0 Å². The van der Waals surface area contributed by atoms with E-state index in [4.69, 9.17) is 6.42 Å². The Bertz CT molecular complexity index is 987. The zero-order chi connectivity index (χ0) is 15.6. The van der Waals surface area contributed by atoms with Gasteiger partial charge in [-0.2, -0.15) is 0 Å². The smallest absolute Gasteiger partial charge is 0.0290 e. The monoisotopic (exact) mass is 290 g/mol. The molecule has 0 aliphatic heterocycles. The van der Waals surface area contributed by atoms with Gasteiger partial charge < -0.3 is 0 Å². The van der Waals surface area contributed by atoms with Gasteiger partial charge >= 0.3 is 0 Å². The molecule has 0 atom stereocenters. The van der Waals surface area contributed by atoms with E-state index in [2.05, 4.69) is 60.2 Å². The molecular formula is C23H14. The van der Waals surface area contributed by atoms with Crippen molar-refractivity contribution in [3.05, 3.63) is 94.5 Å². The maximum Gasteiger partial charge on any atom is 0.0290 e. The molecule has 0 heterocycles. The molecule has 0 nitrogen and oxygen atoms in total. The van der Waals surface area contributed by atoms with Crippen LogP contribution in [0.5, 0.6) is 0 Å². The molecule has 1 aliphatic rings. The molecule has 0 aromatic heterocycles. The molecule has 0 unspecified atom stereocenters. The first-order valence-corrected chi connectivity index (χ1v) is 7.64. The minimum absolute atomic E-state index is 0.881. The molecule has 106 valence electrons. The number of hydrogen-bond acceptors (Lipinski definition) is 0. The van der Waals surface area contributed by atoms with Crippen LogP contribution < -0.4 is 0 Å². The first-order valence-electron chi connectivity index (χ1n) is 7.64. The van der Waals surface area contributed by atoms with Gasteiger partial charge in [-0.1, -0.05) is 54.2 Å². The Balaban J connectivity index is 1.73. The highest BCUT2D eigenvalue weighted by Gasteiger charge is 2.19. The molecule has 0 spiro atoms. The summed E-state index contributed by atoms with van der Waals surface area (Å²) >= 11 is 0. The standard InChI is InChI=1S/C23H14/c1-2-17-10-12-18(13-11-17)14-15-19-7-5-9-22-21-8-4-3-6-20(21)16-23(19)22/h1,3-13H,16H2. The first-order chi connectivity index (χ1) is 11.3. The summed E-state index contributed by atoms with van der Waals surface area (Å²) in [6, 6.07) is 22.8. The van der Waals surface area contributed by atoms with Crippen molar-refractivity contribution in [2.24, 2.45) is 0 Å². The molecule has 1 aliphatic carbocycles. The van der Waals surface area contributed by atoms with Gasteiger partial charge in [0.05, 0.1) is 0 Å². The second-order valence-electron chi connectivity index (χ2n) is 5.64. The molecule has 4 rings (SSSR count). The Hall–Kier alpha value is -3.22. The van der Waals surface area contributed by atoms with E-state index in [0.717, 1.165) is 23.1 Å². The number of fused-ring (bicyclic) bond motifs is 3. The Morgan fingerprint density at radius 1 is 0.696 bits per heavy atom. The van der Waals surface area contributed by atoms with Crippen LogP contribution in [0.2, 0.25) is 0 Å². The van der Waals surface area contributed by atoms with Crippen LogP contribution in [-0.4, -0.2) is 0 Å². The molecule has 0 N–H and O–H groups in total. The summed E-state index contributed by atoms with van der Waals surface area (Å²) < 4.78 is 0. The topological polar surface area (TPSA) is 0 Å². The van der Waals surface area contributed by atoms with Crippen molar-refractivity contribution in [2.45, 2.75) is 6.42 Å². The third-order valence-electron chi connectivity index (χ3n) is 4.24. The third kappa shape index (κ3) is 2.42. The molecular weight excluding hydrogens is 276 g/mol. The minimum atomic E-state index is 0.881. The van der Waals surface area contributed by atoms with Crippen molar-refractivity contribution in [1.82, 2.24) is 0 Å². The highest BCUT2D eigenvalue weighted by molar-refractivity contribution is 5.79. The Morgan fingerprint density at radius 3 is 2.26 bits per heavy atom. The van der Waals surface area contributed by atoms with Gasteiger partial charge in [0.25, 0.3) is 0 Å². The normalized spacial score (nSPS) is 10.9. The van der Waals surface area contributed by atoms with E-state index in [9.17, 15) is 0 Å². The highest BCUT2D eigenvalue weighted by Crippen LogP contribution is 2.37. The first kappa shape index (κ1) is 13.4. The van der Waals surface area contributed by atoms with Crippen molar-refractivity contribution in [3.8, 4) is 35.3 Å². The lowest BCUT2D eigenvalue weighted by Gasteiger charge is -2.02. The second-order valence-corrected chi connectivity index (χ2v) is 5.64. The van der Waals surface area contributed by atoms with E-state index in [-0.39, 0.29) is 0 Å². The van der Waals surface area contributed by atoms with Crippen LogP contribution >= 0.6 is 0 Å². The quantitative estimate of drug-likeness (QED) is 0.414. The second kappa shape index (κ2) is 5.53. The summed E-state index contributed by atoms with van der Waals surface area (Å²) in [4.78, 5) is 0. The number of terminal acetylenes is 1. The summed E-state index contributed by atoms with van der Waals surface area (Å²) in [5.41, 5.74) is 8.35. The van der Waals surface area contributed by atoms with Crippen molar-refractivity contribution in [1.29, 1.82) is 0 Å². The lowest BCUT2D eigenvalue weighted by Crippen LogP contribution is -1.87. The van der Waals surface area contributed by atoms with E-state index < -0.39 is 0 Å². The van der Waals surface area contributed by atoms with E-state index in [1.807, 2.05) is 24.3 Å². The predicted molar refractivity (Wildman–Crippen MR) is 95.0 cm³/mol. The molecule has 0 saturated carbocycles. The largest absolute Gasteiger partial charge is 0.115 e. The summed E-state index contributed by atoms with van der Waals surface area (Å²) in [6.07, 6.45) is 6.35. The lowest BCUT2D eigenvalue weighted by atomic mass is 10.0. The maximum atomic E-state index is 5.38. The number of rotatable bonds is 0. The van der Waals surface area contributed by atoms with Crippen LogP contribution in [0.25, 0.3) is 11.1 Å². The molecule has 0 bridgehead atoms. The third-order valence-corrected chi connectivity index (χ3v) is 4.24. The van der Waals surface area contributed by atoms with Crippen molar-refractivity contribution >= 4 is 0 Å². The summed E-state index contributed by atoms with van der Waals surface area (Å²) in [6.45, 7) is 0. The van der Waals surface area contributed by atoms with Crippen molar-refractivity contribution in [2.75, 3.05) is 0 Å². The van der Waals surface area contributed by atoms with Crippen LogP contribution in [0.15, 0.2) is 66.7 Å².